The van der Waals surface area contributed by atoms with Crippen molar-refractivity contribution < 1.29 is 25.8 Å². The van der Waals surface area contributed by atoms with Crippen LogP contribution in [0, 0.1) is 42.5 Å². The second-order valence-corrected chi connectivity index (χ2v) is 20.5. The van der Waals surface area contributed by atoms with Crippen LogP contribution in [0.3, 0.4) is 0 Å². The zero-order valence-corrected chi connectivity index (χ0v) is 38.6. The van der Waals surface area contributed by atoms with E-state index in [-0.39, 0.29) is 38.3 Å². The van der Waals surface area contributed by atoms with E-state index < -0.39 is 0 Å². The minimum atomic E-state index is -0.0229. The summed E-state index contributed by atoms with van der Waals surface area (Å²) in [5.41, 5.74) is 14.8. The van der Waals surface area contributed by atoms with Crippen molar-refractivity contribution in [2.24, 2.45) is 23.7 Å². The molecule has 0 radical (unpaired) electrons. The third-order valence-electron chi connectivity index (χ3n) is 16.0. The summed E-state index contributed by atoms with van der Waals surface area (Å²) in [6.45, 7) is 9.19. The van der Waals surface area contributed by atoms with Crippen LogP contribution in [-0.4, -0.2) is 15.6 Å². The van der Waals surface area contributed by atoms with Crippen molar-refractivity contribution >= 4 is 38.9 Å². The number of para-hydroxylation sites is 3. The number of nitrogens with zero attached hydrogens (tertiary/aromatic N) is 4. The van der Waals surface area contributed by atoms with Crippen LogP contribution in [-0.2, 0) is 26.5 Å². The number of pyridine rings is 1. The monoisotopic (exact) mass is 1010 g/mol. The molecule has 6 heteroatoms. The molecule has 320 valence electrons. The quantitative estimate of drug-likeness (QED) is 0.161. The zero-order valence-electron chi connectivity index (χ0n) is 36.4. The minimum Gasteiger partial charge on any atom is -0.509 e. The van der Waals surface area contributed by atoms with E-state index in [1.807, 2.05) is 6.20 Å². The Morgan fingerprint density at radius 2 is 1.28 bits per heavy atom. The summed E-state index contributed by atoms with van der Waals surface area (Å²) >= 11 is 0. The van der Waals surface area contributed by atoms with Gasteiger partial charge >= 0.3 is 0 Å². The second kappa shape index (κ2) is 14.2. The molecule has 0 amide bonds. The van der Waals surface area contributed by atoms with Crippen molar-refractivity contribution in [2.45, 2.75) is 76.2 Å². The molecule has 6 aromatic carbocycles. The fraction of sp³-hybridized carbons (Fsp3) is 0.276. The Morgan fingerprint density at radius 1 is 0.641 bits per heavy atom. The van der Waals surface area contributed by atoms with Crippen LogP contribution in [0.15, 0.2) is 134 Å². The number of aromatic nitrogens is 2. The standard InChI is InChI=1S/C58H49N4O.Pt/c1-58(2,3)38-22-23-59-53(29-38)62-48-17-9-8-12-41(48)42-21-20-40(32-51(42)62)63-52-31-39(30-47-54-43-13-4-6-15-45(43)55(56(47)52)46-16-7-5-14-44(46)54)60-33-61(50-19-11-10-18-49(50)60)57-36-25-34-24-35(27-36)28-37(57)26-34;/h4-23,29-30,33-37,54-55,57H,24-28H2,1-3H3;/q-3;. The molecule has 64 heavy (non-hydrogen) atoms. The number of fused-ring (bicyclic) bond motifs is 4. The summed E-state index contributed by atoms with van der Waals surface area (Å²) in [6.07, 6.45) is 8.92. The van der Waals surface area contributed by atoms with E-state index in [0.29, 0.717) is 11.8 Å². The van der Waals surface area contributed by atoms with Crippen LogP contribution in [0.25, 0.3) is 27.6 Å². The number of ether oxygens (including phenoxy) is 1. The number of rotatable bonds is 5. The van der Waals surface area contributed by atoms with Crippen LogP contribution in [0.5, 0.6) is 11.5 Å². The van der Waals surface area contributed by atoms with Crippen LogP contribution >= 0.6 is 0 Å². The molecular formula is C58H49N4OPt-3. The maximum Gasteiger partial charge on any atom is 0.135 e. The summed E-state index contributed by atoms with van der Waals surface area (Å²) in [4.78, 5) is 10.1. The molecule has 8 aliphatic rings. The van der Waals surface area contributed by atoms with E-state index in [0.717, 1.165) is 57.3 Å². The van der Waals surface area contributed by atoms with Gasteiger partial charge < -0.3 is 19.1 Å². The zero-order chi connectivity index (χ0) is 41.7. The Bertz CT molecular complexity index is 3120. The molecule has 0 N–H and O–H groups in total. The molecule has 16 rings (SSSR count). The summed E-state index contributed by atoms with van der Waals surface area (Å²) < 4.78 is 9.60. The van der Waals surface area contributed by atoms with Gasteiger partial charge in [-0.05, 0) is 131 Å². The van der Waals surface area contributed by atoms with E-state index in [1.165, 1.54) is 87.8 Å². The smallest absolute Gasteiger partial charge is 0.135 e. The topological polar surface area (TPSA) is 33.5 Å². The SMILES string of the molecule is CC(C)(C)c1ccnc(-n2c3[c-]c(Oc4[c-]c(N5[CH-]N(C6C7CC8CC(C7)CC6C8)c6ccccc65)cc5c4C4c6ccccc6C5c5ccccc54)ccc3c3ccccc32)c1.[Pt]. The van der Waals surface area contributed by atoms with Gasteiger partial charge in [0.05, 0.1) is 0 Å². The summed E-state index contributed by atoms with van der Waals surface area (Å²) in [6, 6.07) is 55.3. The van der Waals surface area contributed by atoms with Gasteiger partial charge in [0.2, 0.25) is 0 Å². The molecule has 7 aliphatic carbocycles. The van der Waals surface area contributed by atoms with E-state index in [2.05, 4.69) is 181 Å². The van der Waals surface area contributed by atoms with Crippen molar-refractivity contribution in [3.8, 4) is 17.3 Å². The summed E-state index contributed by atoms with van der Waals surface area (Å²) in [5, 5.41) is 2.29. The van der Waals surface area contributed by atoms with E-state index in [9.17, 15) is 0 Å². The van der Waals surface area contributed by atoms with Crippen molar-refractivity contribution in [1.29, 1.82) is 0 Å². The molecule has 2 aromatic heterocycles. The molecular weight excluding hydrogens is 964 g/mol. The first-order valence-electron chi connectivity index (χ1n) is 23.2. The fourth-order valence-electron chi connectivity index (χ4n) is 13.6. The van der Waals surface area contributed by atoms with Gasteiger partial charge in [-0.1, -0.05) is 111 Å². The predicted molar refractivity (Wildman–Crippen MR) is 252 cm³/mol. The van der Waals surface area contributed by atoms with Gasteiger partial charge in [0.25, 0.3) is 0 Å². The molecule has 1 aliphatic heterocycles. The fourth-order valence-corrected chi connectivity index (χ4v) is 13.6. The van der Waals surface area contributed by atoms with E-state index in [4.69, 9.17) is 9.72 Å². The van der Waals surface area contributed by atoms with Gasteiger partial charge in [-0.3, -0.25) is 0 Å². The maximum absolute atomic E-state index is 7.34. The Morgan fingerprint density at radius 3 is 1.98 bits per heavy atom. The van der Waals surface area contributed by atoms with E-state index >= 15 is 0 Å². The van der Waals surface area contributed by atoms with Gasteiger partial charge in [0, 0.05) is 67.6 Å². The number of hydrogen-bond acceptors (Lipinski definition) is 4. The molecule has 5 nitrogen and oxygen atoms in total. The summed E-state index contributed by atoms with van der Waals surface area (Å²) in [5.74, 6) is 5.79. The first-order valence-corrected chi connectivity index (χ1v) is 23.2. The second-order valence-electron chi connectivity index (χ2n) is 20.5. The Labute approximate surface area is 390 Å². The molecule has 0 saturated heterocycles. The predicted octanol–water partition coefficient (Wildman–Crippen LogP) is 13.8. The molecule has 8 aromatic rings. The molecule has 4 saturated carbocycles. The molecule has 3 heterocycles. The Balaban J connectivity index is 0.00000413. The van der Waals surface area contributed by atoms with Crippen molar-refractivity contribution in [1.82, 2.24) is 9.55 Å². The third kappa shape index (κ3) is 5.62. The van der Waals surface area contributed by atoms with Gasteiger partial charge in [-0.25, -0.2) is 4.98 Å². The maximum atomic E-state index is 7.34. The molecule has 6 bridgehead atoms. The molecule has 0 spiro atoms. The molecule has 4 fully saturated rings. The van der Waals surface area contributed by atoms with E-state index in [1.54, 1.807) is 0 Å². The average Bonchev–Trinajstić information content (AvgIpc) is 3.84. The van der Waals surface area contributed by atoms with Gasteiger partial charge in [0.1, 0.15) is 5.82 Å². The largest absolute Gasteiger partial charge is 0.509 e. The Hall–Kier alpha value is -5.64. The van der Waals surface area contributed by atoms with Gasteiger partial charge in [-0.2, -0.15) is 12.7 Å². The average molecular weight is 1010 g/mol. The van der Waals surface area contributed by atoms with Gasteiger partial charge in [0.15, 0.2) is 0 Å². The molecule has 0 atom stereocenters. The van der Waals surface area contributed by atoms with Crippen LogP contribution in [0.4, 0.5) is 17.1 Å². The third-order valence-corrected chi connectivity index (χ3v) is 16.0. The van der Waals surface area contributed by atoms with Crippen LogP contribution in [0.2, 0.25) is 0 Å². The first kappa shape index (κ1) is 38.8. The van der Waals surface area contributed by atoms with Crippen molar-refractivity contribution in [2.75, 3.05) is 9.80 Å². The Kier molecular flexibility index (Phi) is 8.59. The number of hydrogen-bond donors (Lipinski definition) is 0. The first-order chi connectivity index (χ1) is 30.8. The number of anilines is 3. The summed E-state index contributed by atoms with van der Waals surface area (Å²) in [7, 11) is 0. The number of benzene rings is 6. The molecule has 0 unspecified atom stereocenters. The van der Waals surface area contributed by atoms with Crippen LogP contribution in [0.1, 0.15) is 104 Å². The minimum absolute atomic E-state index is 0. The van der Waals surface area contributed by atoms with Crippen molar-refractivity contribution in [3.05, 3.63) is 191 Å². The van der Waals surface area contributed by atoms with Gasteiger partial charge in [-0.15, -0.1) is 40.9 Å². The van der Waals surface area contributed by atoms with Crippen molar-refractivity contribution in [3.63, 3.8) is 0 Å². The van der Waals surface area contributed by atoms with Crippen LogP contribution < -0.4 is 14.5 Å². The normalized spacial score (nSPS) is 24.4.